The predicted molar refractivity (Wildman–Crippen MR) is 65.7 cm³/mol. The average molecular weight is 295 g/mol. The van der Waals surface area contributed by atoms with Crippen molar-refractivity contribution >= 4 is 38.9 Å². The molecule has 2 rings (SSSR count). The molecule has 1 aromatic rings. The Hall–Kier alpha value is -0.630. The van der Waals surface area contributed by atoms with Crippen molar-refractivity contribution in [2.75, 3.05) is 13.6 Å². The number of nitrogens with zero attached hydrogens (tertiary/aromatic N) is 1. The molecule has 1 aliphatic heterocycles. The van der Waals surface area contributed by atoms with Crippen molar-refractivity contribution in [2.45, 2.75) is 16.7 Å². The van der Waals surface area contributed by atoms with Gasteiger partial charge in [-0.15, -0.1) is 11.3 Å². The number of sulfonamides is 1. The molecule has 17 heavy (non-hydrogen) atoms. The Kier molecular flexibility index (Phi) is 3.44. The van der Waals surface area contributed by atoms with E-state index in [0.29, 0.717) is 18.0 Å². The normalized spacial score (nSPS) is 21.2. The number of carbonyl (C=O) groups excluding carboxylic acids is 1. The van der Waals surface area contributed by atoms with Crippen molar-refractivity contribution in [1.82, 2.24) is 9.62 Å². The van der Waals surface area contributed by atoms with Crippen LogP contribution < -0.4 is 4.72 Å². The largest absolute Gasteiger partial charge is 0.344 e. The smallest absolute Gasteiger partial charge is 0.250 e. The minimum absolute atomic E-state index is 0.129. The fourth-order valence-corrected chi connectivity index (χ4v) is 4.26. The van der Waals surface area contributed by atoms with Gasteiger partial charge in [0.25, 0.3) is 10.0 Å². The molecule has 5 nitrogen and oxygen atoms in total. The van der Waals surface area contributed by atoms with Crippen LogP contribution in [0.3, 0.4) is 0 Å². The quantitative estimate of drug-likeness (QED) is 0.901. The lowest BCUT2D eigenvalue weighted by Crippen LogP contribution is -2.40. The van der Waals surface area contributed by atoms with Crippen molar-refractivity contribution in [3.8, 4) is 0 Å². The van der Waals surface area contributed by atoms with Crippen molar-refractivity contribution < 1.29 is 13.2 Å². The molecule has 1 amide bonds. The lowest BCUT2D eigenvalue weighted by atomic mass is 10.3. The van der Waals surface area contributed by atoms with E-state index in [-0.39, 0.29) is 10.1 Å². The number of hydrogen-bond donors (Lipinski definition) is 1. The number of halogens is 1. The lowest BCUT2D eigenvalue weighted by Gasteiger charge is -2.11. The fourth-order valence-electron chi connectivity index (χ4n) is 1.61. The van der Waals surface area contributed by atoms with Crippen molar-refractivity contribution in [3.05, 3.63) is 16.5 Å². The summed E-state index contributed by atoms with van der Waals surface area (Å²) in [6.45, 7) is 0.567. The van der Waals surface area contributed by atoms with E-state index < -0.39 is 16.1 Å². The summed E-state index contributed by atoms with van der Waals surface area (Å²) < 4.78 is 26.4. The van der Waals surface area contributed by atoms with Gasteiger partial charge in [-0.05, 0) is 12.5 Å². The van der Waals surface area contributed by atoms with Crippen LogP contribution >= 0.6 is 22.9 Å². The third kappa shape index (κ3) is 2.62. The topological polar surface area (TPSA) is 66.5 Å². The van der Waals surface area contributed by atoms with Crippen LogP contribution in [0.4, 0.5) is 0 Å². The summed E-state index contributed by atoms with van der Waals surface area (Å²) in [5.74, 6) is -0.198. The number of amides is 1. The SMILES string of the molecule is CN1CC[C@H](NS(=O)(=O)c2cc(Cl)cs2)C1=O. The van der Waals surface area contributed by atoms with Crippen LogP contribution in [0.5, 0.6) is 0 Å². The van der Waals surface area contributed by atoms with Crippen LogP contribution in [-0.2, 0) is 14.8 Å². The summed E-state index contributed by atoms with van der Waals surface area (Å²) in [5, 5.41) is 1.92. The van der Waals surface area contributed by atoms with Crippen molar-refractivity contribution in [1.29, 1.82) is 0 Å². The number of nitrogens with one attached hydrogen (secondary N) is 1. The van der Waals surface area contributed by atoms with Gasteiger partial charge in [0.05, 0.1) is 5.02 Å². The molecule has 0 aromatic carbocycles. The first-order chi connectivity index (χ1) is 7.90. The Morgan fingerprint density at radius 1 is 1.59 bits per heavy atom. The standard InChI is InChI=1S/C9H11ClN2O3S2/c1-12-3-2-7(9(12)13)11-17(14,15)8-4-6(10)5-16-8/h4-5,7,11H,2-3H2,1H3/t7-/m0/s1. The summed E-state index contributed by atoms with van der Waals surface area (Å²) in [6.07, 6.45) is 0.494. The second-order valence-corrected chi connectivity index (χ2v) is 7.09. The molecule has 8 heteroatoms. The molecule has 1 saturated heterocycles. The highest BCUT2D eigenvalue weighted by Gasteiger charge is 2.33. The summed E-state index contributed by atoms with van der Waals surface area (Å²) in [6, 6.07) is 0.711. The van der Waals surface area contributed by atoms with Crippen LogP contribution in [0.2, 0.25) is 5.02 Å². The molecular formula is C9H11ClN2O3S2. The Balaban J connectivity index is 2.16. The van der Waals surface area contributed by atoms with Gasteiger partial charge in [0.2, 0.25) is 5.91 Å². The molecule has 0 aliphatic carbocycles. The molecule has 2 heterocycles. The highest BCUT2D eigenvalue weighted by Crippen LogP contribution is 2.24. The van der Waals surface area contributed by atoms with Gasteiger partial charge >= 0.3 is 0 Å². The first-order valence-electron chi connectivity index (χ1n) is 4.91. The number of likely N-dealkylation sites (tertiary alicyclic amines) is 1. The number of likely N-dealkylation sites (N-methyl/N-ethyl adjacent to an activating group) is 1. The number of carbonyl (C=O) groups is 1. The van der Waals surface area contributed by atoms with Crippen LogP contribution in [0.15, 0.2) is 15.7 Å². The summed E-state index contributed by atoms with van der Waals surface area (Å²) in [7, 11) is -1.99. The first kappa shape index (κ1) is 12.8. The molecule has 1 N–H and O–H groups in total. The average Bonchev–Trinajstić information content (AvgIpc) is 2.80. The molecule has 1 aliphatic rings. The van der Waals surface area contributed by atoms with Gasteiger partial charge in [0.15, 0.2) is 0 Å². The summed E-state index contributed by atoms with van der Waals surface area (Å²) in [5.41, 5.74) is 0. The molecular weight excluding hydrogens is 284 g/mol. The number of rotatable bonds is 3. The van der Waals surface area contributed by atoms with Gasteiger partial charge in [0.1, 0.15) is 10.3 Å². The maximum absolute atomic E-state index is 11.9. The van der Waals surface area contributed by atoms with Crippen LogP contribution in [0, 0.1) is 0 Å². The number of hydrogen-bond acceptors (Lipinski definition) is 4. The van der Waals surface area contributed by atoms with Crippen LogP contribution in [-0.4, -0.2) is 38.9 Å². The van der Waals surface area contributed by atoms with E-state index in [0.717, 1.165) is 11.3 Å². The molecule has 1 aromatic heterocycles. The van der Waals surface area contributed by atoms with E-state index in [1.165, 1.54) is 11.0 Å². The summed E-state index contributed by atoms with van der Waals surface area (Å²) in [4.78, 5) is 13.1. The molecule has 0 saturated carbocycles. The van der Waals surface area contributed by atoms with E-state index in [4.69, 9.17) is 11.6 Å². The Labute approximate surface area is 108 Å². The molecule has 1 fully saturated rings. The zero-order valence-electron chi connectivity index (χ0n) is 9.01. The Morgan fingerprint density at radius 2 is 2.29 bits per heavy atom. The fraction of sp³-hybridized carbons (Fsp3) is 0.444. The zero-order chi connectivity index (χ0) is 12.6. The van der Waals surface area contributed by atoms with Gasteiger partial charge in [-0.2, -0.15) is 4.72 Å². The van der Waals surface area contributed by atoms with Gasteiger partial charge < -0.3 is 4.90 Å². The van der Waals surface area contributed by atoms with Gasteiger partial charge in [-0.3, -0.25) is 4.79 Å². The molecule has 0 radical (unpaired) electrons. The van der Waals surface area contributed by atoms with E-state index in [1.54, 1.807) is 12.4 Å². The first-order valence-corrected chi connectivity index (χ1v) is 7.65. The second kappa shape index (κ2) is 4.56. The van der Waals surface area contributed by atoms with Gasteiger partial charge in [-0.1, -0.05) is 11.6 Å². The summed E-state index contributed by atoms with van der Waals surface area (Å²) >= 11 is 6.71. The lowest BCUT2D eigenvalue weighted by molar-refractivity contribution is -0.127. The molecule has 1 atom stereocenters. The van der Waals surface area contributed by atoms with Gasteiger partial charge in [0, 0.05) is 19.0 Å². The third-order valence-corrected chi connectivity index (χ3v) is 5.79. The number of thiophene rings is 1. The molecule has 0 bridgehead atoms. The zero-order valence-corrected chi connectivity index (χ0v) is 11.4. The van der Waals surface area contributed by atoms with Crippen molar-refractivity contribution in [2.24, 2.45) is 0 Å². The highest BCUT2D eigenvalue weighted by molar-refractivity contribution is 7.91. The minimum atomic E-state index is -3.64. The minimum Gasteiger partial charge on any atom is -0.344 e. The highest BCUT2D eigenvalue weighted by atomic mass is 35.5. The maximum Gasteiger partial charge on any atom is 0.250 e. The third-order valence-electron chi connectivity index (χ3n) is 2.53. The molecule has 0 unspecified atom stereocenters. The van der Waals surface area contributed by atoms with E-state index in [9.17, 15) is 13.2 Å². The monoisotopic (exact) mass is 294 g/mol. The van der Waals surface area contributed by atoms with Crippen LogP contribution in [0.1, 0.15) is 6.42 Å². The van der Waals surface area contributed by atoms with Crippen LogP contribution in [0.25, 0.3) is 0 Å². The van der Waals surface area contributed by atoms with E-state index in [1.807, 2.05) is 0 Å². The van der Waals surface area contributed by atoms with Gasteiger partial charge in [-0.25, -0.2) is 8.42 Å². The Bertz CT molecular complexity index is 540. The maximum atomic E-state index is 11.9. The Morgan fingerprint density at radius 3 is 2.76 bits per heavy atom. The van der Waals surface area contributed by atoms with E-state index in [2.05, 4.69) is 4.72 Å². The van der Waals surface area contributed by atoms with Crippen molar-refractivity contribution in [3.63, 3.8) is 0 Å². The predicted octanol–water partition coefficient (Wildman–Crippen LogP) is 0.911. The molecule has 0 spiro atoms. The molecule has 94 valence electrons. The van der Waals surface area contributed by atoms with E-state index >= 15 is 0 Å². The second-order valence-electron chi connectivity index (χ2n) is 3.81.